The summed E-state index contributed by atoms with van der Waals surface area (Å²) in [6.45, 7) is 4.43. The number of carbonyl (C=O) groups is 1. The molecule has 1 aromatic carbocycles. The monoisotopic (exact) mass is 409 g/mol. The summed E-state index contributed by atoms with van der Waals surface area (Å²) in [6, 6.07) is 4.29. The Balaban J connectivity index is 1.52. The molecule has 0 aliphatic carbocycles. The van der Waals surface area contributed by atoms with E-state index in [1.807, 2.05) is 0 Å². The maximum absolute atomic E-state index is 13.7. The van der Waals surface area contributed by atoms with Gasteiger partial charge in [0.15, 0.2) is 11.6 Å². The minimum atomic E-state index is -0.735. The van der Waals surface area contributed by atoms with Crippen molar-refractivity contribution < 1.29 is 32.6 Å². The van der Waals surface area contributed by atoms with Gasteiger partial charge in [-0.25, -0.2) is 23.5 Å². The highest BCUT2D eigenvalue weighted by molar-refractivity contribution is 5.59. The first-order chi connectivity index (χ1) is 13.9. The lowest BCUT2D eigenvalue weighted by Gasteiger charge is -2.30. The van der Waals surface area contributed by atoms with Gasteiger partial charge in [0.25, 0.3) is 0 Å². The molecule has 2 aromatic rings. The van der Waals surface area contributed by atoms with Crippen molar-refractivity contribution in [2.75, 3.05) is 13.1 Å². The second-order valence-corrected chi connectivity index (χ2v) is 6.63. The predicted molar refractivity (Wildman–Crippen MR) is 96.4 cm³/mol. The molecule has 1 aliphatic heterocycles. The number of piperidine rings is 1. The molecule has 0 spiro atoms. The summed E-state index contributed by atoms with van der Waals surface area (Å²) in [6.07, 6.45) is 1.24. The first kappa shape index (κ1) is 20.7. The van der Waals surface area contributed by atoms with E-state index >= 15 is 0 Å². The predicted octanol–water partition coefficient (Wildman–Crippen LogP) is 3.87. The van der Waals surface area contributed by atoms with Gasteiger partial charge >= 0.3 is 6.16 Å². The zero-order chi connectivity index (χ0) is 20.8. The number of benzene rings is 1. The number of hydroxylamine groups is 2. The van der Waals surface area contributed by atoms with E-state index in [4.69, 9.17) is 19.0 Å². The Hall–Kier alpha value is -3.01. The molecular formula is C19H21F2N3O5. The first-order valence-corrected chi connectivity index (χ1v) is 9.14. The van der Waals surface area contributed by atoms with Crippen LogP contribution in [0.25, 0.3) is 0 Å². The van der Waals surface area contributed by atoms with E-state index in [0.717, 1.165) is 18.2 Å². The third kappa shape index (κ3) is 6.24. The van der Waals surface area contributed by atoms with Crippen LogP contribution in [0.3, 0.4) is 0 Å². The zero-order valence-electron chi connectivity index (χ0n) is 16.0. The van der Waals surface area contributed by atoms with E-state index in [1.165, 1.54) is 17.5 Å². The van der Waals surface area contributed by atoms with Crippen molar-refractivity contribution in [1.29, 1.82) is 0 Å². The summed E-state index contributed by atoms with van der Waals surface area (Å²) >= 11 is 0. The second-order valence-electron chi connectivity index (χ2n) is 6.63. The normalized spacial score (nSPS) is 15.2. The molecule has 0 radical (unpaired) electrons. The number of rotatable bonds is 6. The standard InChI is InChI=1S/C19H21F2N3O5/c1-12(2)26-19(25)29-24-7-5-14(6-8-24)27-17-10-18(23-11-22-17)28-16-9-13(20)3-4-15(16)21/h3-4,9-12,14H,5-8H2,1-2H3. The summed E-state index contributed by atoms with van der Waals surface area (Å²) in [4.78, 5) is 24.5. The lowest BCUT2D eigenvalue weighted by atomic mass is 10.1. The molecule has 2 heterocycles. The van der Waals surface area contributed by atoms with E-state index < -0.39 is 17.8 Å². The number of halogens is 2. The van der Waals surface area contributed by atoms with Crippen LogP contribution in [0, 0.1) is 11.6 Å². The largest absolute Gasteiger partial charge is 0.528 e. The third-order valence-electron chi connectivity index (χ3n) is 3.95. The second kappa shape index (κ2) is 9.46. The Kier molecular flexibility index (Phi) is 6.76. The van der Waals surface area contributed by atoms with Gasteiger partial charge in [0.05, 0.1) is 12.2 Å². The van der Waals surface area contributed by atoms with Crippen LogP contribution in [0.4, 0.5) is 13.6 Å². The van der Waals surface area contributed by atoms with E-state index in [-0.39, 0.29) is 29.7 Å². The molecule has 0 unspecified atom stereocenters. The van der Waals surface area contributed by atoms with Crippen molar-refractivity contribution in [3.8, 4) is 17.5 Å². The van der Waals surface area contributed by atoms with Crippen molar-refractivity contribution in [3.63, 3.8) is 0 Å². The maximum Gasteiger partial charge on any atom is 0.528 e. The highest BCUT2D eigenvalue weighted by atomic mass is 19.1. The van der Waals surface area contributed by atoms with Gasteiger partial charge in [0, 0.05) is 32.0 Å². The molecule has 0 atom stereocenters. The molecule has 1 fully saturated rings. The van der Waals surface area contributed by atoms with Gasteiger partial charge in [-0.05, 0) is 26.0 Å². The van der Waals surface area contributed by atoms with E-state index in [0.29, 0.717) is 25.9 Å². The Morgan fingerprint density at radius 3 is 2.59 bits per heavy atom. The molecule has 0 N–H and O–H groups in total. The van der Waals surface area contributed by atoms with Crippen LogP contribution >= 0.6 is 0 Å². The molecule has 10 heteroatoms. The SMILES string of the molecule is CC(C)OC(=O)ON1CCC(Oc2cc(Oc3cc(F)ccc3F)ncn2)CC1. The van der Waals surface area contributed by atoms with Crippen molar-refractivity contribution >= 4 is 6.16 Å². The van der Waals surface area contributed by atoms with Gasteiger partial charge in [-0.3, -0.25) is 0 Å². The minimum Gasteiger partial charge on any atom is -0.474 e. The zero-order valence-corrected chi connectivity index (χ0v) is 16.0. The third-order valence-corrected chi connectivity index (χ3v) is 3.95. The lowest BCUT2D eigenvalue weighted by Crippen LogP contribution is -2.40. The van der Waals surface area contributed by atoms with Crippen LogP contribution in [-0.4, -0.2) is 46.5 Å². The minimum absolute atomic E-state index is 0.0247. The van der Waals surface area contributed by atoms with Crippen LogP contribution in [0.2, 0.25) is 0 Å². The lowest BCUT2D eigenvalue weighted by molar-refractivity contribution is -0.151. The summed E-state index contributed by atoms with van der Waals surface area (Å²) < 4.78 is 43.0. The van der Waals surface area contributed by atoms with Gasteiger partial charge in [-0.15, -0.1) is 5.06 Å². The van der Waals surface area contributed by atoms with Crippen LogP contribution in [0.5, 0.6) is 17.5 Å². The van der Waals surface area contributed by atoms with Crippen LogP contribution in [-0.2, 0) is 9.57 Å². The summed E-state index contributed by atoms with van der Waals surface area (Å²) in [5.74, 6) is -1.36. The summed E-state index contributed by atoms with van der Waals surface area (Å²) in [5, 5.41) is 1.52. The molecule has 8 nitrogen and oxygen atoms in total. The highest BCUT2D eigenvalue weighted by Gasteiger charge is 2.24. The molecule has 1 aliphatic rings. The molecule has 0 saturated carbocycles. The molecule has 3 rings (SSSR count). The Bertz CT molecular complexity index is 844. The maximum atomic E-state index is 13.7. The van der Waals surface area contributed by atoms with Crippen molar-refractivity contribution in [2.45, 2.75) is 38.9 Å². The van der Waals surface area contributed by atoms with Gasteiger partial charge in [-0.1, -0.05) is 0 Å². The molecule has 1 saturated heterocycles. The Morgan fingerprint density at radius 2 is 1.86 bits per heavy atom. The van der Waals surface area contributed by atoms with Gasteiger partial charge in [0.1, 0.15) is 18.2 Å². The van der Waals surface area contributed by atoms with Crippen molar-refractivity contribution in [3.05, 3.63) is 42.2 Å². The fourth-order valence-electron chi connectivity index (χ4n) is 2.64. The smallest absolute Gasteiger partial charge is 0.474 e. The fraction of sp³-hybridized carbons (Fsp3) is 0.421. The van der Waals surface area contributed by atoms with Crippen molar-refractivity contribution in [1.82, 2.24) is 15.0 Å². The number of nitrogens with zero attached hydrogens (tertiary/aromatic N) is 3. The number of carbonyl (C=O) groups excluding carboxylic acids is 1. The van der Waals surface area contributed by atoms with Crippen LogP contribution in [0.1, 0.15) is 26.7 Å². The molecule has 156 valence electrons. The fourth-order valence-corrected chi connectivity index (χ4v) is 2.64. The van der Waals surface area contributed by atoms with Gasteiger partial charge in [-0.2, -0.15) is 0 Å². The van der Waals surface area contributed by atoms with E-state index in [9.17, 15) is 13.6 Å². The number of hydrogen-bond acceptors (Lipinski definition) is 8. The average molecular weight is 409 g/mol. The van der Waals surface area contributed by atoms with Gasteiger partial charge < -0.3 is 19.0 Å². The van der Waals surface area contributed by atoms with E-state index in [1.54, 1.807) is 13.8 Å². The highest BCUT2D eigenvalue weighted by Crippen LogP contribution is 2.26. The first-order valence-electron chi connectivity index (χ1n) is 9.14. The van der Waals surface area contributed by atoms with Crippen LogP contribution in [0.15, 0.2) is 30.6 Å². The summed E-state index contributed by atoms with van der Waals surface area (Å²) in [7, 11) is 0. The number of ether oxygens (including phenoxy) is 3. The number of hydrogen-bond donors (Lipinski definition) is 0. The molecule has 0 amide bonds. The topological polar surface area (TPSA) is 83.0 Å². The molecule has 1 aromatic heterocycles. The van der Waals surface area contributed by atoms with Crippen molar-refractivity contribution in [2.24, 2.45) is 0 Å². The number of aromatic nitrogens is 2. The Morgan fingerprint density at radius 1 is 1.14 bits per heavy atom. The quantitative estimate of drug-likeness (QED) is 0.665. The van der Waals surface area contributed by atoms with E-state index in [2.05, 4.69) is 9.97 Å². The van der Waals surface area contributed by atoms with Gasteiger partial charge in [0.2, 0.25) is 11.8 Å². The molecular weight excluding hydrogens is 388 g/mol. The Labute approximate surface area is 166 Å². The summed E-state index contributed by atoms with van der Waals surface area (Å²) in [5.41, 5.74) is 0. The van der Waals surface area contributed by atoms with Crippen LogP contribution < -0.4 is 9.47 Å². The molecule has 29 heavy (non-hydrogen) atoms. The average Bonchev–Trinajstić information content (AvgIpc) is 2.66. The molecule has 0 bridgehead atoms.